The molecule has 0 bridgehead atoms. The average molecular weight is 445 g/mol. The van der Waals surface area contributed by atoms with Gasteiger partial charge in [0.2, 0.25) is 11.8 Å². The number of halogens is 2. The molecule has 0 aliphatic heterocycles. The van der Waals surface area contributed by atoms with E-state index in [0.717, 1.165) is 36.8 Å². The van der Waals surface area contributed by atoms with Gasteiger partial charge >= 0.3 is 0 Å². The maximum atomic E-state index is 13.5. The van der Waals surface area contributed by atoms with E-state index in [2.05, 4.69) is 5.32 Å². The van der Waals surface area contributed by atoms with Crippen LogP contribution < -0.4 is 5.32 Å². The molecule has 1 saturated carbocycles. The fourth-order valence-corrected chi connectivity index (χ4v) is 4.28. The Morgan fingerprint density at radius 1 is 1.06 bits per heavy atom. The third-order valence-corrected chi connectivity index (χ3v) is 6.12. The first-order valence-corrected chi connectivity index (χ1v) is 11.5. The lowest BCUT2D eigenvalue weighted by Gasteiger charge is -2.33. The summed E-state index contributed by atoms with van der Waals surface area (Å²) in [5.41, 5.74) is 2.81. The van der Waals surface area contributed by atoms with Gasteiger partial charge in [-0.1, -0.05) is 61.2 Å². The Morgan fingerprint density at radius 2 is 1.71 bits per heavy atom. The van der Waals surface area contributed by atoms with Crippen LogP contribution in [-0.2, 0) is 16.0 Å². The van der Waals surface area contributed by atoms with Crippen molar-refractivity contribution in [2.45, 2.75) is 57.5 Å². The molecule has 2 aromatic carbocycles. The predicted octanol–water partition coefficient (Wildman–Crippen LogP) is 4.93. The molecule has 0 heterocycles. The van der Waals surface area contributed by atoms with E-state index in [1.54, 1.807) is 12.1 Å². The van der Waals surface area contributed by atoms with E-state index in [1.807, 2.05) is 31.2 Å². The average Bonchev–Trinajstić information content (AvgIpc) is 2.78. The van der Waals surface area contributed by atoms with Gasteiger partial charge in [0.15, 0.2) is 0 Å². The SMILES string of the molecule is Cc1ccc(CCN(C(=O)CCl)[C@H](C(=O)NC2CCCCC2)c2ccc(F)cc2)cc1. The fourth-order valence-electron chi connectivity index (χ4n) is 4.12. The van der Waals surface area contributed by atoms with Crippen molar-refractivity contribution in [1.82, 2.24) is 10.2 Å². The summed E-state index contributed by atoms with van der Waals surface area (Å²) in [5.74, 6) is -1.16. The van der Waals surface area contributed by atoms with Gasteiger partial charge in [0.1, 0.15) is 17.7 Å². The van der Waals surface area contributed by atoms with Crippen LogP contribution in [0.15, 0.2) is 48.5 Å². The molecule has 1 fully saturated rings. The number of nitrogens with zero attached hydrogens (tertiary/aromatic N) is 1. The zero-order chi connectivity index (χ0) is 22.2. The molecular formula is C25H30ClFN2O2. The normalized spacial score (nSPS) is 15.3. The summed E-state index contributed by atoms with van der Waals surface area (Å²) in [7, 11) is 0. The van der Waals surface area contributed by atoms with Crippen LogP contribution in [0, 0.1) is 12.7 Å². The highest BCUT2D eigenvalue weighted by Gasteiger charge is 2.32. The lowest BCUT2D eigenvalue weighted by Crippen LogP contribution is -2.48. The second kappa shape index (κ2) is 11.3. The Hall–Kier alpha value is -2.40. The molecule has 4 nitrogen and oxygen atoms in total. The molecule has 0 aromatic heterocycles. The molecule has 31 heavy (non-hydrogen) atoms. The molecule has 0 radical (unpaired) electrons. The molecule has 6 heteroatoms. The van der Waals surface area contributed by atoms with Crippen molar-refractivity contribution in [1.29, 1.82) is 0 Å². The quantitative estimate of drug-likeness (QED) is 0.586. The molecule has 1 atom stereocenters. The van der Waals surface area contributed by atoms with E-state index >= 15 is 0 Å². The fraction of sp³-hybridized carbons (Fsp3) is 0.440. The second-order valence-electron chi connectivity index (χ2n) is 8.25. The second-order valence-corrected chi connectivity index (χ2v) is 8.52. The zero-order valence-electron chi connectivity index (χ0n) is 17.9. The van der Waals surface area contributed by atoms with E-state index in [9.17, 15) is 14.0 Å². The Kier molecular flexibility index (Phi) is 8.47. The number of hydrogen-bond donors (Lipinski definition) is 1. The third-order valence-electron chi connectivity index (χ3n) is 5.89. The van der Waals surface area contributed by atoms with Gasteiger partial charge < -0.3 is 10.2 Å². The molecule has 0 saturated heterocycles. The molecule has 3 rings (SSSR count). The van der Waals surface area contributed by atoms with Crippen molar-refractivity contribution in [3.8, 4) is 0 Å². The third kappa shape index (κ3) is 6.54. The van der Waals surface area contributed by atoms with Gasteiger partial charge in [-0.15, -0.1) is 11.6 Å². The monoisotopic (exact) mass is 444 g/mol. The number of carbonyl (C=O) groups excluding carboxylic acids is 2. The van der Waals surface area contributed by atoms with Gasteiger partial charge in [-0.2, -0.15) is 0 Å². The van der Waals surface area contributed by atoms with Crippen LogP contribution in [-0.4, -0.2) is 35.2 Å². The lowest BCUT2D eigenvalue weighted by atomic mass is 9.94. The Morgan fingerprint density at radius 3 is 2.32 bits per heavy atom. The molecule has 2 aromatic rings. The molecular weight excluding hydrogens is 415 g/mol. The van der Waals surface area contributed by atoms with Gasteiger partial charge in [0, 0.05) is 12.6 Å². The van der Waals surface area contributed by atoms with Crippen LogP contribution >= 0.6 is 11.6 Å². The van der Waals surface area contributed by atoms with Crippen molar-refractivity contribution in [2.75, 3.05) is 12.4 Å². The highest BCUT2D eigenvalue weighted by Crippen LogP contribution is 2.25. The number of benzene rings is 2. The first kappa shape index (κ1) is 23.3. The molecule has 166 valence electrons. The van der Waals surface area contributed by atoms with Crippen molar-refractivity contribution in [2.24, 2.45) is 0 Å². The Labute approximate surface area is 188 Å². The van der Waals surface area contributed by atoms with Crippen LogP contribution in [0.25, 0.3) is 0 Å². The molecule has 1 aliphatic carbocycles. The number of nitrogens with one attached hydrogen (secondary N) is 1. The maximum absolute atomic E-state index is 13.5. The predicted molar refractivity (Wildman–Crippen MR) is 121 cm³/mol. The Balaban J connectivity index is 1.85. The molecule has 0 unspecified atom stereocenters. The number of aryl methyl sites for hydroxylation is 1. The number of carbonyl (C=O) groups is 2. The van der Waals surface area contributed by atoms with Crippen LogP contribution in [0.5, 0.6) is 0 Å². The number of alkyl halides is 1. The van der Waals surface area contributed by atoms with E-state index in [0.29, 0.717) is 18.5 Å². The van der Waals surface area contributed by atoms with Crippen LogP contribution in [0.4, 0.5) is 4.39 Å². The number of hydrogen-bond acceptors (Lipinski definition) is 2. The van der Waals surface area contributed by atoms with Gasteiger partial charge in [-0.05, 0) is 49.4 Å². The molecule has 1 N–H and O–H groups in total. The number of rotatable bonds is 8. The van der Waals surface area contributed by atoms with Gasteiger partial charge in [-0.25, -0.2) is 4.39 Å². The lowest BCUT2D eigenvalue weighted by molar-refractivity contribution is -0.139. The standard InChI is InChI=1S/C25H30ClFN2O2/c1-18-7-9-19(10-8-18)15-16-29(23(30)17-26)24(20-11-13-21(27)14-12-20)25(31)28-22-5-3-2-4-6-22/h7-14,22,24H,2-6,15-17H2,1H3,(H,28,31)/t24-/m0/s1. The minimum atomic E-state index is -0.848. The summed E-state index contributed by atoms with van der Waals surface area (Å²) in [6, 6.07) is 13.1. The van der Waals surface area contributed by atoms with Crippen LogP contribution in [0.3, 0.4) is 0 Å². The first-order valence-electron chi connectivity index (χ1n) is 10.9. The number of amides is 2. The largest absolute Gasteiger partial charge is 0.351 e. The van der Waals surface area contributed by atoms with Gasteiger partial charge in [-0.3, -0.25) is 9.59 Å². The topological polar surface area (TPSA) is 49.4 Å². The summed E-state index contributed by atoms with van der Waals surface area (Å²) in [6.07, 6.45) is 5.83. The summed E-state index contributed by atoms with van der Waals surface area (Å²) < 4.78 is 13.5. The summed E-state index contributed by atoms with van der Waals surface area (Å²) in [5, 5.41) is 3.13. The summed E-state index contributed by atoms with van der Waals surface area (Å²) >= 11 is 5.92. The van der Waals surface area contributed by atoms with E-state index < -0.39 is 6.04 Å². The van der Waals surface area contributed by atoms with Crippen molar-refractivity contribution in [3.63, 3.8) is 0 Å². The van der Waals surface area contributed by atoms with Crippen LogP contribution in [0.2, 0.25) is 0 Å². The van der Waals surface area contributed by atoms with Gasteiger partial charge in [0.05, 0.1) is 0 Å². The van der Waals surface area contributed by atoms with Crippen molar-refractivity contribution in [3.05, 3.63) is 71.0 Å². The smallest absolute Gasteiger partial charge is 0.247 e. The van der Waals surface area contributed by atoms with Crippen molar-refractivity contribution >= 4 is 23.4 Å². The molecule has 2 amide bonds. The first-order chi connectivity index (χ1) is 15.0. The summed E-state index contributed by atoms with van der Waals surface area (Å²) in [4.78, 5) is 27.7. The van der Waals surface area contributed by atoms with Gasteiger partial charge in [0.25, 0.3) is 0 Å². The zero-order valence-corrected chi connectivity index (χ0v) is 18.7. The molecule has 1 aliphatic rings. The highest BCUT2D eigenvalue weighted by molar-refractivity contribution is 6.27. The maximum Gasteiger partial charge on any atom is 0.247 e. The van der Waals surface area contributed by atoms with E-state index in [1.165, 1.54) is 23.5 Å². The van der Waals surface area contributed by atoms with E-state index in [4.69, 9.17) is 11.6 Å². The van der Waals surface area contributed by atoms with E-state index in [-0.39, 0.29) is 29.6 Å². The minimum absolute atomic E-state index is 0.106. The minimum Gasteiger partial charge on any atom is -0.351 e. The highest BCUT2D eigenvalue weighted by atomic mass is 35.5. The summed E-state index contributed by atoms with van der Waals surface area (Å²) in [6.45, 7) is 2.36. The Bertz CT molecular complexity index is 864. The van der Waals surface area contributed by atoms with Crippen LogP contribution in [0.1, 0.15) is 54.8 Å². The molecule has 0 spiro atoms. The van der Waals surface area contributed by atoms with Crippen molar-refractivity contribution < 1.29 is 14.0 Å².